The fraction of sp³-hybridized carbons (Fsp3) is 0.300. The summed E-state index contributed by atoms with van der Waals surface area (Å²) in [6, 6.07) is 9.47. The number of ketones is 1. The lowest BCUT2D eigenvalue weighted by atomic mass is 10.1. The molecule has 11 heteroatoms. The summed E-state index contributed by atoms with van der Waals surface area (Å²) < 4.78 is 31.5. The lowest BCUT2D eigenvalue weighted by Gasteiger charge is -2.15. The van der Waals surface area contributed by atoms with E-state index in [0.717, 1.165) is 12.8 Å². The van der Waals surface area contributed by atoms with E-state index in [1.54, 1.807) is 6.26 Å². The average molecular weight is 465 g/mol. The standard InChI is InChI=1S/C20H20N2O7S2/c1-30-15-6-9-18(22(25)26)17(12-15)20(24)29-13-19(23)14-4-7-16(8-5-14)31(27,28)21-10-2-3-11-21/h4-9,12H,2-3,10-11,13H2,1H3. The second-order valence-corrected chi connectivity index (χ2v) is 9.59. The van der Waals surface area contributed by atoms with Crippen LogP contribution >= 0.6 is 11.8 Å². The number of hydrogen-bond donors (Lipinski definition) is 0. The van der Waals surface area contributed by atoms with Crippen LogP contribution in [0.15, 0.2) is 52.3 Å². The lowest BCUT2D eigenvalue weighted by molar-refractivity contribution is -0.385. The van der Waals surface area contributed by atoms with Gasteiger partial charge in [-0.05, 0) is 55.5 Å². The molecule has 0 atom stereocenters. The van der Waals surface area contributed by atoms with E-state index in [0.29, 0.717) is 18.0 Å². The summed E-state index contributed by atoms with van der Waals surface area (Å²) in [5, 5.41) is 11.2. The normalized spacial score (nSPS) is 14.4. The Balaban J connectivity index is 1.69. The third-order valence-electron chi connectivity index (χ3n) is 4.83. The van der Waals surface area contributed by atoms with Crippen molar-refractivity contribution < 1.29 is 27.7 Å². The van der Waals surface area contributed by atoms with E-state index in [-0.39, 0.29) is 16.0 Å². The topological polar surface area (TPSA) is 124 Å². The molecule has 0 saturated carbocycles. The number of ether oxygens (including phenoxy) is 1. The lowest BCUT2D eigenvalue weighted by Crippen LogP contribution is -2.27. The van der Waals surface area contributed by atoms with Crippen LogP contribution < -0.4 is 0 Å². The molecular weight excluding hydrogens is 444 g/mol. The quantitative estimate of drug-likeness (QED) is 0.192. The van der Waals surface area contributed by atoms with E-state index in [9.17, 15) is 28.1 Å². The SMILES string of the molecule is CSc1ccc([N+](=O)[O-])c(C(=O)OCC(=O)c2ccc(S(=O)(=O)N3CCCC3)cc2)c1. The third kappa shape index (κ3) is 5.12. The number of hydrogen-bond acceptors (Lipinski definition) is 8. The van der Waals surface area contributed by atoms with Crippen molar-refractivity contribution in [3.8, 4) is 0 Å². The van der Waals surface area contributed by atoms with E-state index >= 15 is 0 Å². The molecule has 9 nitrogen and oxygen atoms in total. The van der Waals surface area contributed by atoms with Crippen LogP contribution in [0.4, 0.5) is 5.69 Å². The number of nitro benzene ring substituents is 1. The molecule has 0 spiro atoms. The van der Waals surface area contributed by atoms with Gasteiger partial charge in [-0.25, -0.2) is 13.2 Å². The largest absolute Gasteiger partial charge is 0.454 e. The molecular formula is C20H20N2O7S2. The molecule has 1 aliphatic heterocycles. The van der Waals surface area contributed by atoms with Crippen molar-refractivity contribution in [3.63, 3.8) is 0 Å². The number of nitro groups is 1. The maximum absolute atomic E-state index is 12.5. The molecule has 0 amide bonds. The number of thioether (sulfide) groups is 1. The van der Waals surface area contributed by atoms with Crippen LogP contribution in [0.5, 0.6) is 0 Å². The summed E-state index contributed by atoms with van der Waals surface area (Å²) in [6.45, 7) is 0.323. The summed E-state index contributed by atoms with van der Waals surface area (Å²) in [6.07, 6.45) is 3.39. The minimum absolute atomic E-state index is 0.0902. The molecule has 1 saturated heterocycles. The molecule has 0 unspecified atom stereocenters. The van der Waals surface area contributed by atoms with Gasteiger partial charge in [0, 0.05) is 29.6 Å². The Morgan fingerprint density at radius 2 is 1.77 bits per heavy atom. The Morgan fingerprint density at radius 1 is 1.13 bits per heavy atom. The van der Waals surface area contributed by atoms with Gasteiger partial charge in [0.25, 0.3) is 5.69 Å². The van der Waals surface area contributed by atoms with Gasteiger partial charge in [-0.2, -0.15) is 4.31 Å². The number of Topliss-reactive ketones (excluding diaryl/α,β-unsaturated/α-hetero) is 1. The Hall–Kier alpha value is -2.76. The predicted molar refractivity (Wildman–Crippen MR) is 114 cm³/mol. The first-order valence-corrected chi connectivity index (χ1v) is 12.0. The van der Waals surface area contributed by atoms with E-state index < -0.39 is 39.0 Å². The van der Waals surface area contributed by atoms with Gasteiger partial charge in [-0.3, -0.25) is 14.9 Å². The van der Waals surface area contributed by atoms with Gasteiger partial charge in [0.05, 0.1) is 9.82 Å². The van der Waals surface area contributed by atoms with Crippen LogP contribution in [0.25, 0.3) is 0 Å². The first-order chi connectivity index (χ1) is 14.7. The van der Waals surface area contributed by atoms with Crippen molar-refractivity contribution in [2.75, 3.05) is 26.0 Å². The number of rotatable bonds is 8. The molecule has 164 valence electrons. The Bertz CT molecular complexity index is 1110. The van der Waals surface area contributed by atoms with Gasteiger partial charge in [0.2, 0.25) is 10.0 Å². The highest BCUT2D eigenvalue weighted by Crippen LogP contribution is 2.26. The van der Waals surface area contributed by atoms with Crippen LogP contribution in [0.2, 0.25) is 0 Å². The van der Waals surface area contributed by atoms with Crippen molar-refractivity contribution in [1.29, 1.82) is 0 Å². The predicted octanol–water partition coefficient (Wildman–Crippen LogP) is 3.14. The zero-order valence-corrected chi connectivity index (χ0v) is 18.3. The minimum atomic E-state index is -3.59. The molecule has 3 rings (SSSR count). The van der Waals surface area contributed by atoms with Crippen molar-refractivity contribution >= 4 is 39.2 Å². The smallest absolute Gasteiger partial charge is 0.345 e. The fourth-order valence-electron chi connectivity index (χ4n) is 3.15. The molecule has 0 bridgehead atoms. The first-order valence-electron chi connectivity index (χ1n) is 9.37. The summed E-state index contributed by atoms with van der Waals surface area (Å²) in [5.41, 5.74) is -0.482. The summed E-state index contributed by atoms with van der Waals surface area (Å²) in [7, 11) is -3.59. The van der Waals surface area contributed by atoms with Gasteiger partial charge in [-0.1, -0.05) is 0 Å². The van der Waals surface area contributed by atoms with Crippen LogP contribution in [0, 0.1) is 10.1 Å². The van der Waals surface area contributed by atoms with Gasteiger partial charge < -0.3 is 4.74 Å². The maximum Gasteiger partial charge on any atom is 0.345 e. The van der Waals surface area contributed by atoms with Crippen molar-refractivity contribution in [1.82, 2.24) is 4.31 Å². The molecule has 2 aromatic carbocycles. The maximum atomic E-state index is 12.5. The highest BCUT2D eigenvalue weighted by molar-refractivity contribution is 7.98. The van der Waals surface area contributed by atoms with Crippen LogP contribution in [0.1, 0.15) is 33.6 Å². The number of benzene rings is 2. The Morgan fingerprint density at radius 3 is 2.35 bits per heavy atom. The van der Waals surface area contributed by atoms with Crippen LogP contribution in [-0.2, 0) is 14.8 Å². The van der Waals surface area contributed by atoms with Gasteiger partial charge in [0.15, 0.2) is 12.4 Å². The summed E-state index contributed by atoms with van der Waals surface area (Å²) in [4.78, 5) is 35.9. The Kier molecular flexibility index (Phi) is 7.08. The van der Waals surface area contributed by atoms with E-state index in [2.05, 4.69) is 0 Å². The summed E-state index contributed by atoms with van der Waals surface area (Å²) >= 11 is 1.30. The van der Waals surface area contributed by atoms with Crippen molar-refractivity contribution in [3.05, 3.63) is 63.7 Å². The Labute approximate surface area is 183 Å². The molecule has 31 heavy (non-hydrogen) atoms. The van der Waals surface area contributed by atoms with Crippen molar-refractivity contribution in [2.45, 2.75) is 22.6 Å². The number of sulfonamides is 1. The second kappa shape index (κ2) is 9.58. The number of carbonyl (C=O) groups is 2. The first kappa shape index (κ1) is 22.9. The molecule has 1 aliphatic rings. The number of carbonyl (C=O) groups excluding carboxylic acids is 2. The molecule has 0 aliphatic carbocycles. The van der Waals surface area contributed by atoms with E-state index in [1.165, 1.54) is 58.5 Å². The third-order valence-corrected chi connectivity index (χ3v) is 7.47. The molecule has 1 fully saturated rings. The average Bonchev–Trinajstić information content (AvgIpc) is 3.32. The van der Waals surface area contributed by atoms with Crippen LogP contribution in [-0.4, -0.2) is 55.4 Å². The molecule has 2 aromatic rings. The zero-order chi connectivity index (χ0) is 22.6. The minimum Gasteiger partial charge on any atom is -0.454 e. The van der Waals surface area contributed by atoms with Gasteiger partial charge in [0.1, 0.15) is 5.56 Å². The molecule has 0 radical (unpaired) electrons. The summed E-state index contributed by atoms with van der Waals surface area (Å²) in [5.74, 6) is -1.54. The van der Waals surface area contributed by atoms with Crippen LogP contribution in [0.3, 0.4) is 0 Å². The van der Waals surface area contributed by atoms with E-state index in [1.807, 2.05) is 0 Å². The highest BCUT2D eigenvalue weighted by atomic mass is 32.2. The molecule has 0 aromatic heterocycles. The van der Waals surface area contributed by atoms with Gasteiger partial charge in [-0.15, -0.1) is 11.8 Å². The number of nitrogens with zero attached hydrogens (tertiary/aromatic N) is 2. The van der Waals surface area contributed by atoms with Gasteiger partial charge >= 0.3 is 5.97 Å². The monoisotopic (exact) mass is 464 g/mol. The second-order valence-electron chi connectivity index (χ2n) is 6.78. The molecule has 1 heterocycles. The number of esters is 1. The highest BCUT2D eigenvalue weighted by Gasteiger charge is 2.27. The molecule has 0 N–H and O–H groups in total. The zero-order valence-electron chi connectivity index (χ0n) is 16.6. The fourth-order valence-corrected chi connectivity index (χ4v) is 5.10. The van der Waals surface area contributed by atoms with Crippen molar-refractivity contribution in [2.24, 2.45) is 0 Å². The van der Waals surface area contributed by atoms with E-state index in [4.69, 9.17) is 4.74 Å².